The van der Waals surface area contributed by atoms with Gasteiger partial charge in [0.25, 0.3) is 0 Å². The monoisotopic (exact) mass is 174 g/mol. The lowest BCUT2D eigenvalue weighted by Crippen LogP contribution is -1.74. The summed E-state index contributed by atoms with van der Waals surface area (Å²) in [6, 6.07) is 6.85. The maximum absolute atomic E-state index is 9.94. The van der Waals surface area contributed by atoms with Gasteiger partial charge in [-0.2, -0.15) is 0 Å². The van der Waals surface area contributed by atoms with Crippen molar-refractivity contribution in [3.05, 3.63) is 29.3 Å². The van der Waals surface area contributed by atoms with E-state index in [0.29, 0.717) is 10.8 Å². The van der Waals surface area contributed by atoms with Crippen LogP contribution in [0.2, 0.25) is 5.02 Å². The van der Waals surface area contributed by atoms with Crippen molar-refractivity contribution in [3.63, 3.8) is 0 Å². The van der Waals surface area contributed by atoms with Gasteiger partial charge in [-0.3, -0.25) is 0 Å². The molecule has 0 saturated heterocycles. The van der Waals surface area contributed by atoms with Gasteiger partial charge < -0.3 is 4.52 Å². The normalized spacial score (nSPS) is 9.70. The van der Waals surface area contributed by atoms with Gasteiger partial charge in [0.05, 0.1) is 5.02 Å². The van der Waals surface area contributed by atoms with Crippen molar-refractivity contribution in [2.45, 2.75) is 0 Å². The van der Waals surface area contributed by atoms with Crippen molar-refractivity contribution in [2.75, 3.05) is 0 Å². The van der Waals surface area contributed by atoms with E-state index in [9.17, 15) is 4.57 Å². The maximum Gasteiger partial charge on any atom is 0.395 e. The van der Waals surface area contributed by atoms with Crippen LogP contribution in [0.1, 0.15) is 0 Å². The number of halogens is 1. The van der Waals surface area contributed by atoms with Crippen LogP contribution in [0.4, 0.5) is 0 Å². The maximum atomic E-state index is 9.94. The fourth-order valence-electron chi connectivity index (χ4n) is 0.559. The van der Waals surface area contributed by atoms with Crippen molar-refractivity contribution in [1.82, 2.24) is 0 Å². The molecular weight excluding hydrogens is 170 g/mol. The van der Waals surface area contributed by atoms with E-state index < -0.39 is 0 Å². The van der Waals surface area contributed by atoms with E-state index in [2.05, 4.69) is 4.52 Å². The Hall–Kier alpha value is -0.590. The molecule has 2 nitrogen and oxygen atoms in total. The molecule has 0 radical (unpaired) electrons. The SMILES string of the molecule is O=POc1ccccc1Cl. The highest BCUT2D eigenvalue weighted by atomic mass is 35.5. The van der Waals surface area contributed by atoms with Crippen molar-refractivity contribution in [1.29, 1.82) is 0 Å². The molecule has 1 rings (SSSR count). The van der Waals surface area contributed by atoms with Crippen LogP contribution in [0.5, 0.6) is 5.75 Å². The van der Waals surface area contributed by atoms with Crippen LogP contribution in [-0.2, 0) is 4.57 Å². The van der Waals surface area contributed by atoms with Gasteiger partial charge >= 0.3 is 8.69 Å². The molecule has 0 unspecified atom stereocenters. The topological polar surface area (TPSA) is 26.3 Å². The molecule has 0 bridgehead atoms. The van der Waals surface area contributed by atoms with E-state index >= 15 is 0 Å². The molecule has 10 heavy (non-hydrogen) atoms. The standard InChI is InChI=1S/C6H4ClO2P/c7-5-3-1-2-4-6(5)9-10-8/h1-4H. The number of benzene rings is 1. The summed E-state index contributed by atoms with van der Waals surface area (Å²) >= 11 is 5.63. The van der Waals surface area contributed by atoms with E-state index in [4.69, 9.17) is 11.6 Å². The fraction of sp³-hybridized carbons (Fsp3) is 0. The zero-order valence-electron chi connectivity index (χ0n) is 4.95. The summed E-state index contributed by atoms with van der Waals surface area (Å²) in [7, 11) is -0.384. The summed E-state index contributed by atoms with van der Waals surface area (Å²) in [5.41, 5.74) is 0. The molecule has 0 fully saturated rings. The first-order valence-electron chi connectivity index (χ1n) is 2.59. The summed E-state index contributed by atoms with van der Waals surface area (Å²) in [5, 5.41) is 0.464. The molecule has 0 aliphatic rings. The van der Waals surface area contributed by atoms with Crippen LogP contribution in [0.15, 0.2) is 24.3 Å². The van der Waals surface area contributed by atoms with Gasteiger partial charge in [-0.1, -0.05) is 23.7 Å². The highest BCUT2D eigenvalue weighted by Crippen LogP contribution is 2.25. The highest BCUT2D eigenvalue weighted by Gasteiger charge is 1.97. The number of hydrogen-bond donors (Lipinski definition) is 0. The molecule has 52 valence electrons. The van der Waals surface area contributed by atoms with Crippen molar-refractivity contribution in [2.24, 2.45) is 0 Å². The van der Waals surface area contributed by atoms with E-state index in [1.165, 1.54) is 0 Å². The number of rotatable bonds is 2. The first-order valence-corrected chi connectivity index (χ1v) is 3.69. The molecule has 0 aliphatic heterocycles. The van der Waals surface area contributed by atoms with Crippen LogP contribution in [0.3, 0.4) is 0 Å². The molecule has 0 saturated carbocycles. The summed E-state index contributed by atoms with van der Waals surface area (Å²) in [4.78, 5) is 0. The Balaban J connectivity index is 2.91. The quantitative estimate of drug-likeness (QED) is 0.645. The molecular formula is C6H4ClO2P. The second-order valence-corrected chi connectivity index (χ2v) is 2.34. The van der Waals surface area contributed by atoms with Gasteiger partial charge in [0.2, 0.25) is 0 Å². The van der Waals surface area contributed by atoms with E-state index in [-0.39, 0.29) is 8.69 Å². The molecule has 0 amide bonds. The predicted octanol–water partition coefficient (Wildman–Crippen LogP) is 2.93. The predicted molar refractivity (Wildman–Crippen MR) is 39.7 cm³/mol. The molecule has 4 heteroatoms. The van der Waals surface area contributed by atoms with Crippen LogP contribution in [-0.4, -0.2) is 0 Å². The fourth-order valence-corrected chi connectivity index (χ4v) is 1.03. The summed E-state index contributed by atoms with van der Waals surface area (Å²) in [6.45, 7) is 0. The first-order chi connectivity index (χ1) is 4.84. The lowest BCUT2D eigenvalue weighted by molar-refractivity contribution is 0.525. The first kappa shape index (κ1) is 7.52. The Morgan fingerprint density at radius 2 is 2.10 bits per heavy atom. The second-order valence-electron chi connectivity index (χ2n) is 1.60. The summed E-state index contributed by atoms with van der Waals surface area (Å²) in [6.07, 6.45) is 0. The molecule has 0 spiro atoms. The molecule has 0 atom stereocenters. The lowest BCUT2D eigenvalue weighted by atomic mass is 10.3. The van der Waals surface area contributed by atoms with E-state index in [0.717, 1.165) is 0 Å². The van der Waals surface area contributed by atoms with E-state index in [1.54, 1.807) is 24.3 Å². The van der Waals surface area contributed by atoms with Gasteiger partial charge in [-0.15, -0.1) is 0 Å². The van der Waals surface area contributed by atoms with Crippen molar-refractivity contribution in [3.8, 4) is 5.75 Å². The van der Waals surface area contributed by atoms with Gasteiger partial charge in [-0.05, 0) is 12.1 Å². The third kappa shape index (κ3) is 1.69. The Morgan fingerprint density at radius 3 is 2.70 bits per heavy atom. The molecule has 0 N–H and O–H groups in total. The zero-order chi connectivity index (χ0) is 7.40. The Morgan fingerprint density at radius 1 is 1.40 bits per heavy atom. The Labute approximate surface area is 65.1 Å². The summed E-state index contributed by atoms with van der Waals surface area (Å²) < 4.78 is 14.6. The minimum Gasteiger partial charge on any atom is -0.406 e. The minimum atomic E-state index is -0.384. The van der Waals surface area contributed by atoms with Crippen LogP contribution < -0.4 is 4.52 Å². The zero-order valence-corrected chi connectivity index (χ0v) is 6.60. The lowest BCUT2D eigenvalue weighted by Gasteiger charge is -1.96. The van der Waals surface area contributed by atoms with Gasteiger partial charge in [0.15, 0.2) is 5.75 Å². The van der Waals surface area contributed by atoms with Crippen LogP contribution in [0, 0.1) is 0 Å². The second kappa shape index (κ2) is 3.55. The van der Waals surface area contributed by atoms with Crippen molar-refractivity contribution < 1.29 is 9.09 Å². The molecule has 0 aromatic heterocycles. The largest absolute Gasteiger partial charge is 0.406 e. The molecule has 1 aromatic carbocycles. The molecule has 0 heterocycles. The van der Waals surface area contributed by atoms with Gasteiger partial charge in [0.1, 0.15) is 0 Å². The van der Waals surface area contributed by atoms with Crippen molar-refractivity contribution >= 4 is 20.3 Å². The summed E-state index contributed by atoms with van der Waals surface area (Å²) in [5.74, 6) is 0.431. The number of hydrogen-bond acceptors (Lipinski definition) is 2. The van der Waals surface area contributed by atoms with Crippen LogP contribution in [0.25, 0.3) is 0 Å². The minimum absolute atomic E-state index is 0.384. The third-order valence-electron chi connectivity index (χ3n) is 0.972. The van der Waals surface area contributed by atoms with E-state index in [1.807, 2.05) is 0 Å². The van der Waals surface area contributed by atoms with Gasteiger partial charge in [0, 0.05) is 0 Å². The highest BCUT2D eigenvalue weighted by molar-refractivity contribution is 7.17. The van der Waals surface area contributed by atoms with Crippen LogP contribution >= 0.6 is 20.3 Å². The Bertz CT molecular complexity index is 239. The smallest absolute Gasteiger partial charge is 0.395 e. The average Bonchev–Trinajstić information content (AvgIpc) is 1.94. The molecule has 1 aromatic rings. The molecule has 0 aliphatic carbocycles. The average molecular weight is 175 g/mol. The van der Waals surface area contributed by atoms with Gasteiger partial charge in [-0.25, -0.2) is 4.57 Å². The Kier molecular flexibility index (Phi) is 2.67. The third-order valence-corrected chi connectivity index (χ3v) is 1.56. The number of para-hydroxylation sites is 1.